The van der Waals surface area contributed by atoms with Crippen molar-refractivity contribution in [2.75, 3.05) is 12.8 Å². The molecule has 0 spiro atoms. The van der Waals surface area contributed by atoms with E-state index in [9.17, 15) is 17.6 Å². The average molecular weight is 450 g/mol. The highest BCUT2D eigenvalue weighted by atomic mass is 35.5. The first-order valence-corrected chi connectivity index (χ1v) is 11.3. The third-order valence-corrected chi connectivity index (χ3v) is 6.37. The predicted octanol–water partition coefficient (Wildman–Crippen LogP) is 3.55. The van der Waals surface area contributed by atoms with Crippen LogP contribution in [0.2, 0.25) is 5.15 Å². The van der Waals surface area contributed by atoms with Crippen LogP contribution in [0.25, 0.3) is 5.69 Å². The third-order valence-electron chi connectivity index (χ3n) is 4.56. The summed E-state index contributed by atoms with van der Waals surface area (Å²) < 4.78 is 40.1. The Morgan fingerprint density at radius 1 is 1.17 bits per heavy atom. The number of rotatable bonds is 7. The third kappa shape index (κ3) is 5.25. The first-order chi connectivity index (χ1) is 14.2. The van der Waals surface area contributed by atoms with Gasteiger partial charge in [0.15, 0.2) is 9.84 Å². The molecule has 3 rings (SSSR count). The number of amides is 1. The molecule has 9 heteroatoms. The Morgan fingerprint density at radius 3 is 2.53 bits per heavy atom. The number of nitrogens with zero attached hydrogens (tertiary/aromatic N) is 3. The lowest BCUT2D eigenvalue weighted by molar-refractivity contribution is -0.127. The second-order valence-electron chi connectivity index (χ2n) is 7.01. The lowest BCUT2D eigenvalue weighted by atomic mass is 10.2. The van der Waals surface area contributed by atoms with Crippen molar-refractivity contribution in [3.8, 4) is 5.69 Å². The van der Waals surface area contributed by atoms with Crippen LogP contribution in [-0.2, 0) is 26.9 Å². The number of para-hydroxylation sites is 1. The van der Waals surface area contributed by atoms with Crippen LogP contribution in [0.5, 0.6) is 0 Å². The molecule has 0 bridgehead atoms. The van der Waals surface area contributed by atoms with E-state index in [4.69, 9.17) is 11.6 Å². The summed E-state index contributed by atoms with van der Waals surface area (Å²) >= 11 is 6.40. The first kappa shape index (κ1) is 22.0. The van der Waals surface area contributed by atoms with Crippen molar-refractivity contribution < 1.29 is 17.6 Å². The molecule has 6 nitrogen and oxygen atoms in total. The summed E-state index contributed by atoms with van der Waals surface area (Å²) in [6.07, 6.45) is 0. The van der Waals surface area contributed by atoms with Gasteiger partial charge in [-0.05, 0) is 36.8 Å². The molecule has 0 aliphatic heterocycles. The van der Waals surface area contributed by atoms with E-state index in [0.29, 0.717) is 22.5 Å². The van der Waals surface area contributed by atoms with Crippen molar-refractivity contribution in [3.05, 3.63) is 82.4 Å². The van der Waals surface area contributed by atoms with Crippen LogP contribution in [0.1, 0.15) is 16.8 Å². The first-order valence-electron chi connectivity index (χ1n) is 9.14. The molecule has 2 aromatic carbocycles. The number of hydrogen-bond acceptors (Lipinski definition) is 4. The highest BCUT2D eigenvalue weighted by molar-refractivity contribution is 7.91. The molecule has 0 radical (unpaired) electrons. The fraction of sp³-hybridized carbons (Fsp3) is 0.238. The van der Waals surface area contributed by atoms with E-state index >= 15 is 0 Å². The highest BCUT2D eigenvalue weighted by Crippen LogP contribution is 2.25. The summed E-state index contributed by atoms with van der Waals surface area (Å²) in [4.78, 5) is 13.7. The van der Waals surface area contributed by atoms with Gasteiger partial charge in [0.05, 0.1) is 17.1 Å². The van der Waals surface area contributed by atoms with Gasteiger partial charge in [0.2, 0.25) is 5.91 Å². The van der Waals surface area contributed by atoms with Gasteiger partial charge in [0.25, 0.3) is 0 Å². The Kier molecular flexibility index (Phi) is 6.58. The monoisotopic (exact) mass is 449 g/mol. The van der Waals surface area contributed by atoms with E-state index in [1.165, 1.54) is 34.8 Å². The molecular formula is C21H21ClFN3O3S. The minimum Gasteiger partial charge on any atom is -0.341 e. The average Bonchev–Trinajstić information content (AvgIpc) is 2.96. The topological polar surface area (TPSA) is 72.3 Å². The number of carbonyl (C=O) groups is 1. The fourth-order valence-electron chi connectivity index (χ4n) is 3.00. The maximum atomic E-state index is 13.3. The van der Waals surface area contributed by atoms with Gasteiger partial charge >= 0.3 is 0 Å². The van der Waals surface area contributed by atoms with Crippen LogP contribution in [-0.4, -0.2) is 41.8 Å². The fourth-order valence-corrected chi connectivity index (χ4v) is 4.90. The molecule has 0 saturated heterocycles. The van der Waals surface area contributed by atoms with E-state index < -0.39 is 33.1 Å². The number of halogens is 2. The summed E-state index contributed by atoms with van der Waals surface area (Å²) in [6, 6.07) is 14.9. The van der Waals surface area contributed by atoms with E-state index in [1.54, 1.807) is 13.0 Å². The van der Waals surface area contributed by atoms with E-state index in [-0.39, 0.29) is 11.7 Å². The Bertz CT molecular complexity index is 1160. The molecule has 0 N–H and O–H groups in total. The number of aromatic nitrogens is 2. The molecule has 0 atom stereocenters. The quantitative estimate of drug-likeness (QED) is 0.553. The molecule has 3 aromatic rings. The molecule has 1 heterocycles. The SMILES string of the molecule is Cc1nn(-c2ccccc2)c(Cl)c1CS(=O)(=O)CC(=O)N(C)Cc1cccc(F)c1. The van der Waals surface area contributed by atoms with E-state index in [1.807, 2.05) is 30.3 Å². The summed E-state index contributed by atoms with van der Waals surface area (Å²) in [5.41, 5.74) is 2.13. The molecule has 0 unspecified atom stereocenters. The van der Waals surface area contributed by atoms with Crippen LogP contribution in [0, 0.1) is 12.7 Å². The molecule has 0 aliphatic carbocycles. The minimum atomic E-state index is -3.80. The Labute approximate surface area is 179 Å². The minimum absolute atomic E-state index is 0.109. The second kappa shape index (κ2) is 8.97. The number of sulfone groups is 1. The number of benzene rings is 2. The highest BCUT2D eigenvalue weighted by Gasteiger charge is 2.25. The number of hydrogen-bond donors (Lipinski definition) is 0. The molecule has 0 aliphatic rings. The molecule has 0 fully saturated rings. The van der Waals surface area contributed by atoms with Crippen molar-refractivity contribution in [1.82, 2.24) is 14.7 Å². The van der Waals surface area contributed by atoms with Gasteiger partial charge in [-0.15, -0.1) is 0 Å². The van der Waals surface area contributed by atoms with Gasteiger partial charge in [-0.25, -0.2) is 17.5 Å². The molecule has 158 valence electrons. The second-order valence-corrected chi connectivity index (χ2v) is 9.44. The summed E-state index contributed by atoms with van der Waals surface area (Å²) in [5.74, 6) is -2.07. The van der Waals surface area contributed by atoms with Crippen molar-refractivity contribution in [3.63, 3.8) is 0 Å². The van der Waals surface area contributed by atoms with E-state index in [2.05, 4.69) is 5.10 Å². The predicted molar refractivity (Wildman–Crippen MR) is 114 cm³/mol. The van der Waals surface area contributed by atoms with Gasteiger partial charge in [-0.1, -0.05) is 41.9 Å². The number of carbonyl (C=O) groups excluding carboxylic acids is 1. The van der Waals surface area contributed by atoms with Crippen LogP contribution >= 0.6 is 11.6 Å². The standard InChI is InChI=1S/C21H21ClFN3O3S/c1-15-19(21(22)26(24-15)18-9-4-3-5-10-18)13-30(28,29)14-20(27)25(2)12-16-7-6-8-17(23)11-16/h3-11H,12-14H2,1-2H3. The molecule has 1 amide bonds. The zero-order chi connectivity index (χ0) is 21.9. The summed E-state index contributed by atoms with van der Waals surface area (Å²) in [5, 5.41) is 4.53. The van der Waals surface area contributed by atoms with E-state index in [0.717, 1.165) is 0 Å². The summed E-state index contributed by atoms with van der Waals surface area (Å²) in [6.45, 7) is 1.78. The van der Waals surface area contributed by atoms with Crippen LogP contribution in [0.4, 0.5) is 4.39 Å². The Hall–Kier alpha value is -2.71. The van der Waals surface area contributed by atoms with Crippen LogP contribution in [0.3, 0.4) is 0 Å². The Morgan fingerprint density at radius 2 is 1.87 bits per heavy atom. The van der Waals surface area contributed by atoms with Crippen molar-refractivity contribution >= 4 is 27.3 Å². The molecule has 1 aromatic heterocycles. The van der Waals surface area contributed by atoms with Gasteiger partial charge in [-0.3, -0.25) is 4.79 Å². The zero-order valence-corrected chi connectivity index (χ0v) is 18.1. The van der Waals surface area contributed by atoms with Gasteiger partial charge < -0.3 is 4.90 Å². The van der Waals surface area contributed by atoms with Crippen molar-refractivity contribution in [2.45, 2.75) is 19.2 Å². The largest absolute Gasteiger partial charge is 0.341 e. The van der Waals surface area contributed by atoms with Gasteiger partial charge in [0, 0.05) is 19.2 Å². The van der Waals surface area contributed by atoms with Gasteiger partial charge in [-0.2, -0.15) is 5.10 Å². The van der Waals surface area contributed by atoms with Crippen molar-refractivity contribution in [2.24, 2.45) is 0 Å². The van der Waals surface area contributed by atoms with Gasteiger partial charge in [0.1, 0.15) is 16.7 Å². The zero-order valence-electron chi connectivity index (χ0n) is 16.5. The smallest absolute Gasteiger partial charge is 0.237 e. The van der Waals surface area contributed by atoms with Crippen LogP contribution < -0.4 is 0 Å². The Balaban J connectivity index is 1.72. The maximum Gasteiger partial charge on any atom is 0.237 e. The lowest BCUT2D eigenvalue weighted by Gasteiger charge is -2.17. The molecule has 30 heavy (non-hydrogen) atoms. The van der Waals surface area contributed by atoms with Crippen molar-refractivity contribution in [1.29, 1.82) is 0 Å². The lowest BCUT2D eigenvalue weighted by Crippen LogP contribution is -2.32. The van der Waals surface area contributed by atoms with Crippen LogP contribution in [0.15, 0.2) is 54.6 Å². The number of aryl methyl sites for hydroxylation is 1. The molecule has 0 saturated carbocycles. The molecular weight excluding hydrogens is 429 g/mol. The summed E-state index contributed by atoms with van der Waals surface area (Å²) in [7, 11) is -2.32. The maximum absolute atomic E-state index is 13.3. The normalized spacial score (nSPS) is 11.5.